The first kappa shape index (κ1) is 31.0. The molecule has 7 atom stereocenters. The molecule has 8 rings (SSSR count). The number of ether oxygens (including phenoxy) is 1. The van der Waals surface area contributed by atoms with Crippen molar-refractivity contribution in [3.05, 3.63) is 69.5 Å². The second kappa shape index (κ2) is 11.3. The van der Waals surface area contributed by atoms with Gasteiger partial charge in [0.1, 0.15) is 11.6 Å². The minimum absolute atomic E-state index is 0.109. The van der Waals surface area contributed by atoms with Crippen molar-refractivity contribution in [2.75, 3.05) is 24.6 Å². The van der Waals surface area contributed by atoms with Gasteiger partial charge in [0, 0.05) is 24.1 Å². The maximum Gasteiger partial charge on any atom is 0.264 e. The van der Waals surface area contributed by atoms with Crippen molar-refractivity contribution in [1.82, 2.24) is 4.72 Å². The van der Waals surface area contributed by atoms with Gasteiger partial charge in [-0.05, 0) is 116 Å². The van der Waals surface area contributed by atoms with Crippen molar-refractivity contribution >= 4 is 33.2 Å². The molecule has 1 spiro atoms. The van der Waals surface area contributed by atoms with Gasteiger partial charge in [-0.2, -0.15) is 0 Å². The van der Waals surface area contributed by atoms with Crippen molar-refractivity contribution in [3.8, 4) is 5.75 Å². The minimum atomic E-state index is -3.91. The lowest BCUT2D eigenvalue weighted by Gasteiger charge is -2.50. The number of hydrogen-bond acceptors (Lipinski definition) is 5. The number of halogens is 2. The van der Waals surface area contributed by atoms with Crippen LogP contribution in [0.3, 0.4) is 0 Å². The second-order valence-corrected chi connectivity index (χ2v) is 17.2. The third-order valence-electron chi connectivity index (χ3n) is 12.0. The standard InChI is InChI=1S/C36H44ClFN2O4S/c1-20(2)33-26-14-25(15-26)21(3)22(4)45(42,43)39-35(41)23-8-12-32-31(16-23)40(17-24-7-9-27(24)33)18-36(19-44-32)13-5-6-28-29(36)10-11-30(37)34(28)38/h8,10-12,14,16,20-22,24-25,27,33H,5-7,9,13,15,17-19H2,1-4H3,(H,39,41)/t21-,22-,24+,25+,27-,33?,36+/m1/s1. The average molecular weight is 655 g/mol. The van der Waals surface area contributed by atoms with E-state index in [0.717, 1.165) is 43.5 Å². The molecule has 6 aliphatic rings. The predicted octanol–water partition coefficient (Wildman–Crippen LogP) is 7.29. The average Bonchev–Trinajstić information content (AvgIpc) is 3.11. The number of carbonyl (C=O) groups excluding carboxylic acids is 1. The number of rotatable bonds is 1. The molecule has 2 aromatic carbocycles. The van der Waals surface area contributed by atoms with E-state index in [9.17, 15) is 13.2 Å². The number of sulfonamides is 1. The molecule has 3 aliphatic carbocycles. The maximum atomic E-state index is 15.4. The molecular formula is C36H44ClFN2O4S. The van der Waals surface area contributed by atoms with Gasteiger partial charge in [0.2, 0.25) is 10.0 Å². The number of fused-ring (bicyclic) bond motifs is 6. The summed E-state index contributed by atoms with van der Waals surface area (Å²) in [7, 11) is -3.91. The van der Waals surface area contributed by atoms with Crippen LogP contribution in [-0.2, 0) is 21.9 Å². The van der Waals surface area contributed by atoms with Crippen LogP contribution in [-0.4, -0.2) is 39.3 Å². The van der Waals surface area contributed by atoms with Crippen LogP contribution in [0.5, 0.6) is 5.75 Å². The highest BCUT2D eigenvalue weighted by atomic mass is 35.5. The molecule has 3 heterocycles. The van der Waals surface area contributed by atoms with Crippen LogP contribution in [0.4, 0.5) is 10.1 Å². The topological polar surface area (TPSA) is 75.7 Å². The van der Waals surface area contributed by atoms with Crippen LogP contribution in [0, 0.1) is 41.3 Å². The lowest BCUT2D eigenvalue weighted by molar-refractivity contribution is 0.0904. The molecule has 0 saturated heterocycles. The van der Waals surface area contributed by atoms with Crippen molar-refractivity contribution in [1.29, 1.82) is 0 Å². The summed E-state index contributed by atoms with van der Waals surface area (Å²) in [5.74, 6) is 1.71. The number of nitrogens with zero attached hydrogens (tertiary/aromatic N) is 1. The first-order chi connectivity index (χ1) is 21.4. The molecule has 1 unspecified atom stereocenters. The van der Waals surface area contributed by atoms with Gasteiger partial charge >= 0.3 is 0 Å². The number of nitrogens with one attached hydrogen (secondary N) is 1. The maximum absolute atomic E-state index is 15.4. The highest BCUT2D eigenvalue weighted by Gasteiger charge is 2.47. The first-order valence-electron chi connectivity index (χ1n) is 16.6. The van der Waals surface area contributed by atoms with E-state index in [0.29, 0.717) is 54.6 Å². The number of benzene rings is 2. The smallest absolute Gasteiger partial charge is 0.264 e. The molecule has 1 amide bonds. The number of amides is 1. The fourth-order valence-electron chi connectivity index (χ4n) is 9.07. The van der Waals surface area contributed by atoms with Crippen molar-refractivity contribution in [2.45, 2.75) is 76.9 Å². The Morgan fingerprint density at radius 3 is 2.64 bits per heavy atom. The Morgan fingerprint density at radius 2 is 1.93 bits per heavy atom. The Bertz CT molecular complexity index is 1670. The zero-order chi connectivity index (χ0) is 31.8. The first-order valence-corrected chi connectivity index (χ1v) is 18.6. The molecule has 1 fully saturated rings. The Hall–Kier alpha value is -2.58. The van der Waals surface area contributed by atoms with E-state index < -0.39 is 26.6 Å². The number of allylic oxidation sites excluding steroid dienone is 2. The fourth-order valence-corrected chi connectivity index (χ4v) is 10.6. The van der Waals surface area contributed by atoms with E-state index in [-0.39, 0.29) is 28.2 Å². The third kappa shape index (κ3) is 5.18. The lowest BCUT2D eigenvalue weighted by Crippen LogP contribution is -2.50. The predicted molar refractivity (Wildman–Crippen MR) is 176 cm³/mol. The quantitative estimate of drug-likeness (QED) is 0.327. The van der Waals surface area contributed by atoms with Crippen molar-refractivity contribution < 1.29 is 22.3 Å². The number of anilines is 1. The third-order valence-corrected chi connectivity index (χ3v) is 14.2. The summed E-state index contributed by atoms with van der Waals surface area (Å²) >= 11 is 6.24. The summed E-state index contributed by atoms with van der Waals surface area (Å²) in [6.45, 7) is 10.1. The molecule has 0 radical (unpaired) electrons. The van der Waals surface area contributed by atoms with E-state index in [1.54, 1.807) is 31.2 Å². The van der Waals surface area contributed by atoms with Gasteiger partial charge in [-0.25, -0.2) is 17.5 Å². The summed E-state index contributed by atoms with van der Waals surface area (Å²) < 4.78 is 51.2. The van der Waals surface area contributed by atoms with Gasteiger partial charge in [-0.15, -0.1) is 0 Å². The Morgan fingerprint density at radius 1 is 1.16 bits per heavy atom. The summed E-state index contributed by atoms with van der Waals surface area (Å²) in [6, 6.07) is 8.86. The SMILES string of the molecule is CC(C)C1C2=C[C@@H](C2)[C@H](C)[C@@H](C)S(=O)(=O)NC(=O)c2ccc3c(c2)N(C[C@@H]2CC[C@@H]12)C[C@@]1(CCCc2c1ccc(Cl)c2F)CO3. The Kier molecular flexibility index (Phi) is 7.79. The molecule has 1 saturated carbocycles. The van der Waals surface area contributed by atoms with E-state index in [4.69, 9.17) is 16.3 Å². The second-order valence-electron chi connectivity index (χ2n) is 14.8. The molecule has 6 nitrogen and oxygen atoms in total. The lowest BCUT2D eigenvalue weighted by atomic mass is 9.58. The highest BCUT2D eigenvalue weighted by Crippen LogP contribution is 2.52. The highest BCUT2D eigenvalue weighted by molar-refractivity contribution is 7.90. The van der Waals surface area contributed by atoms with Crippen LogP contribution < -0.4 is 14.4 Å². The Balaban J connectivity index is 1.33. The monoisotopic (exact) mass is 654 g/mol. The molecule has 2 aromatic rings. The van der Waals surface area contributed by atoms with E-state index in [1.807, 2.05) is 13.0 Å². The summed E-state index contributed by atoms with van der Waals surface area (Å²) in [5, 5.41) is -0.570. The molecule has 45 heavy (non-hydrogen) atoms. The molecule has 1 N–H and O–H groups in total. The van der Waals surface area contributed by atoms with Gasteiger partial charge in [0.25, 0.3) is 5.91 Å². The van der Waals surface area contributed by atoms with E-state index in [2.05, 4.69) is 29.5 Å². The zero-order valence-electron chi connectivity index (χ0n) is 26.6. The van der Waals surface area contributed by atoms with Crippen molar-refractivity contribution in [3.63, 3.8) is 0 Å². The van der Waals surface area contributed by atoms with Gasteiger partial charge in [0.15, 0.2) is 0 Å². The van der Waals surface area contributed by atoms with E-state index >= 15 is 4.39 Å². The van der Waals surface area contributed by atoms with Crippen LogP contribution in [0.15, 0.2) is 42.0 Å². The largest absolute Gasteiger partial charge is 0.490 e. The Labute approximate surface area is 271 Å². The van der Waals surface area contributed by atoms with Crippen molar-refractivity contribution in [2.24, 2.45) is 35.5 Å². The molecule has 9 heteroatoms. The molecule has 4 bridgehead atoms. The molecular weight excluding hydrogens is 611 g/mol. The molecule has 242 valence electrons. The summed E-state index contributed by atoms with van der Waals surface area (Å²) in [5.41, 5.74) is 3.73. The normalized spacial score (nSPS) is 33.9. The van der Waals surface area contributed by atoms with E-state index in [1.165, 1.54) is 12.0 Å². The summed E-state index contributed by atoms with van der Waals surface area (Å²) in [6.07, 6.45) is 7.88. The summed E-state index contributed by atoms with van der Waals surface area (Å²) in [4.78, 5) is 15.9. The van der Waals surface area contributed by atoms with Crippen LogP contribution >= 0.6 is 11.6 Å². The zero-order valence-corrected chi connectivity index (χ0v) is 28.2. The van der Waals surface area contributed by atoms with Gasteiger partial charge in [-0.1, -0.05) is 50.1 Å². The van der Waals surface area contributed by atoms with Crippen LogP contribution in [0.25, 0.3) is 0 Å². The number of carbonyl (C=O) groups is 1. The molecule has 0 aromatic heterocycles. The number of hydrogen-bond donors (Lipinski definition) is 1. The fraction of sp³-hybridized carbons (Fsp3) is 0.583. The minimum Gasteiger partial charge on any atom is -0.490 e. The molecule has 3 aliphatic heterocycles. The van der Waals surface area contributed by atoms with Gasteiger partial charge in [-0.3, -0.25) is 4.79 Å². The van der Waals surface area contributed by atoms with Crippen LogP contribution in [0.1, 0.15) is 81.3 Å². The van der Waals surface area contributed by atoms with Gasteiger partial charge in [0.05, 0.1) is 22.6 Å². The van der Waals surface area contributed by atoms with Gasteiger partial charge < -0.3 is 9.64 Å². The van der Waals surface area contributed by atoms with Crippen LogP contribution in [0.2, 0.25) is 5.02 Å².